The van der Waals surface area contributed by atoms with E-state index in [9.17, 15) is 14.0 Å². The molecule has 0 spiro atoms. The van der Waals surface area contributed by atoms with Crippen molar-refractivity contribution >= 4 is 11.9 Å². The number of hydrogen-bond donors (Lipinski definition) is 1. The standard InChI is InChI=1S/C13H14FNO3/c14-10-4-1-3-9(7-10)8-12(16)15-6-2-5-11(15)13(17)18/h1,3-4,7,11H,2,5-6,8H2,(H,17,18). The minimum Gasteiger partial charge on any atom is -0.480 e. The molecule has 1 aromatic rings. The third-order valence-electron chi connectivity index (χ3n) is 3.10. The van der Waals surface area contributed by atoms with Gasteiger partial charge in [-0.1, -0.05) is 12.1 Å². The van der Waals surface area contributed by atoms with Crippen molar-refractivity contribution in [3.8, 4) is 0 Å². The predicted octanol–water partition coefficient (Wildman–Crippen LogP) is 1.44. The van der Waals surface area contributed by atoms with Crippen LogP contribution in [0.2, 0.25) is 0 Å². The summed E-state index contributed by atoms with van der Waals surface area (Å²) < 4.78 is 13.0. The molecule has 18 heavy (non-hydrogen) atoms. The molecule has 2 rings (SSSR count). The molecule has 0 aliphatic carbocycles. The number of carbonyl (C=O) groups is 2. The summed E-state index contributed by atoms with van der Waals surface area (Å²) in [6.45, 7) is 0.463. The van der Waals surface area contributed by atoms with Crippen molar-refractivity contribution in [2.75, 3.05) is 6.54 Å². The van der Waals surface area contributed by atoms with Gasteiger partial charge in [0.1, 0.15) is 11.9 Å². The highest BCUT2D eigenvalue weighted by Crippen LogP contribution is 2.19. The number of hydrogen-bond acceptors (Lipinski definition) is 2. The molecule has 0 radical (unpaired) electrons. The Morgan fingerprint density at radius 2 is 2.22 bits per heavy atom. The highest BCUT2D eigenvalue weighted by molar-refractivity contribution is 5.85. The summed E-state index contributed by atoms with van der Waals surface area (Å²) in [4.78, 5) is 24.3. The second kappa shape index (κ2) is 5.16. The van der Waals surface area contributed by atoms with E-state index in [0.29, 0.717) is 24.9 Å². The Morgan fingerprint density at radius 3 is 2.89 bits per heavy atom. The Labute approximate surface area is 104 Å². The summed E-state index contributed by atoms with van der Waals surface area (Å²) in [7, 11) is 0. The first kappa shape index (κ1) is 12.5. The molecule has 1 saturated heterocycles. The molecule has 4 nitrogen and oxygen atoms in total. The Balaban J connectivity index is 2.06. The second-order valence-electron chi connectivity index (χ2n) is 4.39. The highest BCUT2D eigenvalue weighted by atomic mass is 19.1. The topological polar surface area (TPSA) is 57.6 Å². The number of halogens is 1. The summed E-state index contributed by atoms with van der Waals surface area (Å²) in [5, 5.41) is 8.99. The number of carbonyl (C=O) groups excluding carboxylic acids is 1. The first-order chi connectivity index (χ1) is 8.58. The molecule has 0 aromatic heterocycles. The SMILES string of the molecule is O=C(O)C1CCCN1C(=O)Cc1cccc(F)c1. The van der Waals surface area contributed by atoms with Gasteiger partial charge in [-0.25, -0.2) is 9.18 Å². The molecular formula is C13H14FNO3. The number of benzene rings is 1. The quantitative estimate of drug-likeness (QED) is 0.884. The van der Waals surface area contributed by atoms with E-state index < -0.39 is 17.8 Å². The normalized spacial score (nSPS) is 18.9. The number of nitrogens with zero attached hydrogens (tertiary/aromatic N) is 1. The zero-order chi connectivity index (χ0) is 13.1. The summed E-state index contributed by atoms with van der Waals surface area (Å²) in [5.74, 6) is -1.62. The van der Waals surface area contributed by atoms with E-state index in [1.54, 1.807) is 6.07 Å². The van der Waals surface area contributed by atoms with E-state index in [2.05, 4.69) is 0 Å². The van der Waals surface area contributed by atoms with Crippen molar-refractivity contribution in [1.82, 2.24) is 4.90 Å². The molecule has 1 heterocycles. The highest BCUT2D eigenvalue weighted by Gasteiger charge is 2.33. The maximum Gasteiger partial charge on any atom is 0.326 e. The van der Waals surface area contributed by atoms with Crippen LogP contribution in [-0.4, -0.2) is 34.5 Å². The van der Waals surface area contributed by atoms with Gasteiger partial charge in [0.25, 0.3) is 0 Å². The lowest BCUT2D eigenvalue weighted by molar-refractivity contribution is -0.148. The van der Waals surface area contributed by atoms with Crippen LogP contribution in [0.5, 0.6) is 0 Å². The zero-order valence-electron chi connectivity index (χ0n) is 9.80. The Kier molecular flexibility index (Phi) is 3.60. The van der Waals surface area contributed by atoms with Gasteiger partial charge in [0.2, 0.25) is 5.91 Å². The molecule has 1 atom stereocenters. The van der Waals surface area contributed by atoms with Crippen LogP contribution in [0, 0.1) is 5.82 Å². The molecule has 1 aliphatic rings. The van der Waals surface area contributed by atoms with Gasteiger partial charge in [-0.05, 0) is 30.5 Å². The van der Waals surface area contributed by atoms with Crippen molar-refractivity contribution in [3.63, 3.8) is 0 Å². The smallest absolute Gasteiger partial charge is 0.326 e. The summed E-state index contributed by atoms with van der Waals surface area (Å²) in [6.07, 6.45) is 1.23. The van der Waals surface area contributed by atoms with Gasteiger partial charge in [-0.3, -0.25) is 4.79 Å². The van der Waals surface area contributed by atoms with Gasteiger partial charge in [-0.15, -0.1) is 0 Å². The Morgan fingerprint density at radius 1 is 1.44 bits per heavy atom. The van der Waals surface area contributed by atoms with Crippen molar-refractivity contribution in [2.24, 2.45) is 0 Å². The van der Waals surface area contributed by atoms with Crippen LogP contribution < -0.4 is 0 Å². The van der Waals surface area contributed by atoms with Crippen LogP contribution in [-0.2, 0) is 16.0 Å². The number of carboxylic acid groups (broad SMARTS) is 1. The Bertz CT molecular complexity index is 475. The van der Waals surface area contributed by atoms with Gasteiger partial charge < -0.3 is 10.0 Å². The maximum absolute atomic E-state index is 13.0. The predicted molar refractivity (Wildman–Crippen MR) is 62.5 cm³/mol. The van der Waals surface area contributed by atoms with Crippen molar-refractivity contribution in [3.05, 3.63) is 35.6 Å². The fourth-order valence-electron chi connectivity index (χ4n) is 2.25. The fraction of sp³-hybridized carbons (Fsp3) is 0.385. The summed E-state index contributed by atoms with van der Waals surface area (Å²) in [5.41, 5.74) is 0.566. The van der Waals surface area contributed by atoms with E-state index in [-0.39, 0.29) is 12.3 Å². The first-order valence-corrected chi connectivity index (χ1v) is 5.84. The third-order valence-corrected chi connectivity index (χ3v) is 3.10. The van der Waals surface area contributed by atoms with E-state index >= 15 is 0 Å². The Hall–Kier alpha value is -1.91. The van der Waals surface area contributed by atoms with Gasteiger partial charge in [0.15, 0.2) is 0 Å². The van der Waals surface area contributed by atoms with Crippen LogP contribution in [0.1, 0.15) is 18.4 Å². The monoisotopic (exact) mass is 251 g/mol. The van der Waals surface area contributed by atoms with E-state index in [1.165, 1.54) is 23.1 Å². The summed E-state index contributed by atoms with van der Waals surface area (Å²) in [6, 6.07) is 5.07. The van der Waals surface area contributed by atoms with Crippen molar-refractivity contribution in [2.45, 2.75) is 25.3 Å². The van der Waals surface area contributed by atoms with Crippen LogP contribution in [0.4, 0.5) is 4.39 Å². The fourth-order valence-corrected chi connectivity index (χ4v) is 2.25. The van der Waals surface area contributed by atoms with Gasteiger partial charge in [0, 0.05) is 6.54 Å². The molecule has 1 fully saturated rings. The lowest BCUT2D eigenvalue weighted by atomic mass is 10.1. The maximum atomic E-state index is 13.0. The lowest BCUT2D eigenvalue weighted by Crippen LogP contribution is -2.41. The largest absolute Gasteiger partial charge is 0.480 e. The second-order valence-corrected chi connectivity index (χ2v) is 4.39. The minimum absolute atomic E-state index is 0.0432. The first-order valence-electron chi connectivity index (χ1n) is 5.84. The van der Waals surface area contributed by atoms with Crippen LogP contribution in [0.25, 0.3) is 0 Å². The van der Waals surface area contributed by atoms with Gasteiger partial charge in [-0.2, -0.15) is 0 Å². The number of amides is 1. The molecule has 96 valence electrons. The third kappa shape index (κ3) is 2.67. The molecule has 1 aromatic carbocycles. The molecule has 1 amide bonds. The van der Waals surface area contributed by atoms with Crippen LogP contribution in [0.3, 0.4) is 0 Å². The molecule has 1 aliphatic heterocycles. The van der Waals surface area contributed by atoms with E-state index in [1.807, 2.05) is 0 Å². The number of aliphatic carboxylic acids is 1. The average molecular weight is 251 g/mol. The molecule has 0 saturated carbocycles. The average Bonchev–Trinajstić information content (AvgIpc) is 2.77. The lowest BCUT2D eigenvalue weighted by Gasteiger charge is -2.21. The van der Waals surface area contributed by atoms with Crippen molar-refractivity contribution in [1.29, 1.82) is 0 Å². The molecule has 5 heteroatoms. The molecule has 0 bridgehead atoms. The zero-order valence-corrected chi connectivity index (χ0v) is 9.80. The van der Waals surface area contributed by atoms with E-state index in [0.717, 1.165) is 0 Å². The van der Waals surface area contributed by atoms with E-state index in [4.69, 9.17) is 5.11 Å². The molecule has 1 unspecified atom stereocenters. The minimum atomic E-state index is -0.972. The molecule has 1 N–H and O–H groups in total. The summed E-state index contributed by atoms with van der Waals surface area (Å²) >= 11 is 0. The number of likely N-dealkylation sites (tertiary alicyclic amines) is 1. The molecular weight excluding hydrogens is 237 g/mol. The number of carboxylic acids is 1. The van der Waals surface area contributed by atoms with Crippen LogP contribution in [0.15, 0.2) is 24.3 Å². The van der Waals surface area contributed by atoms with Gasteiger partial charge in [0.05, 0.1) is 6.42 Å². The van der Waals surface area contributed by atoms with Crippen LogP contribution >= 0.6 is 0 Å². The van der Waals surface area contributed by atoms with Gasteiger partial charge >= 0.3 is 5.97 Å². The van der Waals surface area contributed by atoms with Crippen molar-refractivity contribution < 1.29 is 19.1 Å². The number of rotatable bonds is 3.